The molecule has 2 amide bonds. The largest absolute Gasteiger partial charge is 0.352 e. The average molecular weight is 616 g/mol. The minimum atomic E-state index is -4.17. The summed E-state index contributed by atoms with van der Waals surface area (Å²) in [5.41, 5.74) is 2.64. The molecule has 0 bridgehead atoms. The summed E-state index contributed by atoms with van der Waals surface area (Å²) in [5, 5.41) is 3.00. The number of hydrogen-bond acceptors (Lipinski definition) is 4. The maximum absolute atomic E-state index is 14.4. The highest BCUT2D eigenvalue weighted by atomic mass is 32.2. The van der Waals surface area contributed by atoms with Gasteiger partial charge in [-0.05, 0) is 67.8 Å². The van der Waals surface area contributed by atoms with Gasteiger partial charge in [-0.2, -0.15) is 0 Å². The zero-order valence-corrected chi connectivity index (χ0v) is 26.0. The van der Waals surface area contributed by atoms with Gasteiger partial charge in [-0.1, -0.05) is 85.3 Å². The fraction of sp³-hybridized carbons (Fsp3) is 0.257. The first kappa shape index (κ1) is 32.4. The number of nitrogens with zero attached hydrogens (tertiary/aromatic N) is 2. The summed E-state index contributed by atoms with van der Waals surface area (Å²) in [5.74, 6) is -1.36. The van der Waals surface area contributed by atoms with E-state index in [1.807, 2.05) is 51.1 Å². The number of carbonyl (C=O) groups excluding carboxylic acids is 2. The van der Waals surface area contributed by atoms with Crippen LogP contribution in [-0.4, -0.2) is 43.8 Å². The number of benzene rings is 4. The van der Waals surface area contributed by atoms with Gasteiger partial charge in [0.05, 0.1) is 10.6 Å². The first-order valence-electron chi connectivity index (χ1n) is 14.6. The molecule has 0 aliphatic carbocycles. The van der Waals surface area contributed by atoms with Gasteiger partial charge in [-0.25, -0.2) is 12.8 Å². The van der Waals surface area contributed by atoms with Crippen molar-refractivity contribution in [2.45, 2.75) is 57.1 Å². The first-order valence-corrected chi connectivity index (χ1v) is 16.0. The van der Waals surface area contributed by atoms with E-state index in [-0.39, 0.29) is 29.8 Å². The Labute approximate surface area is 259 Å². The topological polar surface area (TPSA) is 86.8 Å². The number of carbonyl (C=O) groups is 2. The van der Waals surface area contributed by atoms with Gasteiger partial charge in [-0.3, -0.25) is 13.9 Å². The summed E-state index contributed by atoms with van der Waals surface area (Å²) in [7, 11) is -4.17. The smallest absolute Gasteiger partial charge is 0.264 e. The zero-order chi connectivity index (χ0) is 31.7. The van der Waals surface area contributed by atoms with Crippen molar-refractivity contribution >= 4 is 27.5 Å². The molecule has 0 heterocycles. The minimum absolute atomic E-state index is 0.0300. The second-order valence-corrected chi connectivity index (χ2v) is 12.7. The maximum Gasteiger partial charge on any atom is 0.264 e. The van der Waals surface area contributed by atoms with Crippen LogP contribution < -0.4 is 9.62 Å². The van der Waals surface area contributed by atoms with Crippen LogP contribution in [0.3, 0.4) is 0 Å². The molecule has 0 aromatic heterocycles. The number of nitrogens with one attached hydrogen (secondary N) is 1. The highest BCUT2D eigenvalue weighted by molar-refractivity contribution is 7.92. The molecule has 1 N–H and O–H groups in total. The van der Waals surface area contributed by atoms with Crippen LogP contribution in [0.4, 0.5) is 10.1 Å². The van der Waals surface area contributed by atoms with Crippen LogP contribution in [0.5, 0.6) is 0 Å². The third-order valence-electron chi connectivity index (χ3n) is 7.47. The Morgan fingerprint density at radius 2 is 1.41 bits per heavy atom. The van der Waals surface area contributed by atoms with E-state index < -0.39 is 34.3 Å². The van der Waals surface area contributed by atoms with E-state index >= 15 is 0 Å². The van der Waals surface area contributed by atoms with E-state index in [4.69, 9.17) is 0 Å². The molecule has 0 radical (unpaired) electrons. The Bertz CT molecular complexity index is 1630. The Morgan fingerprint density at radius 1 is 0.818 bits per heavy atom. The van der Waals surface area contributed by atoms with Gasteiger partial charge < -0.3 is 10.2 Å². The highest BCUT2D eigenvalue weighted by Crippen LogP contribution is 2.25. The molecule has 4 aromatic carbocycles. The highest BCUT2D eigenvalue weighted by Gasteiger charge is 2.35. The van der Waals surface area contributed by atoms with Crippen LogP contribution in [0.2, 0.25) is 0 Å². The number of sulfonamides is 1. The summed E-state index contributed by atoms with van der Waals surface area (Å²) in [6.07, 6.45) is 0.887. The minimum Gasteiger partial charge on any atom is -0.352 e. The number of halogens is 1. The first-order chi connectivity index (χ1) is 21.1. The summed E-state index contributed by atoms with van der Waals surface area (Å²) in [6, 6.07) is 28.8. The molecule has 0 aliphatic rings. The number of rotatable bonds is 13. The average Bonchev–Trinajstić information content (AvgIpc) is 3.03. The van der Waals surface area contributed by atoms with Crippen LogP contribution >= 0.6 is 0 Å². The summed E-state index contributed by atoms with van der Waals surface area (Å²) in [4.78, 5) is 29.6. The molecule has 4 aromatic rings. The number of aryl methyl sites for hydroxylation is 1. The quantitative estimate of drug-likeness (QED) is 0.203. The fourth-order valence-corrected chi connectivity index (χ4v) is 6.16. The van der Waals surface area contributed by atoms with E-state index in [0.29, 0.717) is 17.7 Å². The molecule has 0 unspecified atom stereocenters. The Morgan fingerprint density at radius 3 is 2.00 bits per heavy atom. The molecule has 7 nitrogen and oxygen atoms in total. The van der Waals surface area contributed by atoms with E-state index in [2.05, 4.69) is 5.32 Å². The van der Waals surface area contributed by atoms with Crippen LogP contribution in [0.15, 0.2) is 114 Å². The lowest BCUT2D eigenvalue weighted by molar-refractivity contribution is -0.140. The van der Waals surface area contributed by atoms with Gasteiger partial charge in [0.25, 0.3) is 10.0 Å². The maximum atomic E-state index is 14.4. The molecule has 0 aliphatic heterocycles. The van der Waals surface area contributed by atoms with Crippen molar-refractivity contribution in [1.82, 2.24) is 10.2 Å². The van der Waals surface area contributed by atoms with Gasteiger partial charge in [0, 0.05) is 19.0 Å². The van der Waals surface area contributed by atoms with Crippen molar-refractivity contribution in [3.05, 3.63) is 132 Å². The molecular formula is C35H38FN3O4S. The normalized spacial score (nSPS) is 12.6. The van der Waals surface area contributed by atoms with E-state index in [0.717, 1.165) is 15.4 Å². The number of amides is 2. The molecule has 230 valence electrons. The fourth-order valence-electron chi connectivity index (χ4n) is 4.74. The molecule has 9 heteroatoms. The van der Waals surface area contributed by atoms with E-state index in [1.165, 1.54) is 29.2 Å². The molecule has 2 atom stereocenters. The number of anilines is 1. The lowest BCUT2D eigenvalue weighted by atomic mass is 10.0. The van der Waals surface area contributed by atoms with Crippen molar-refractivity contribution in [1.29, 1.82) is 0 Å². The van der Waals surface area contributed by atoms with Crippen LogP contribution in [0, 0.1) is 12.7 Å². The molecule has 0 spiro atoms. The number of para-hydroxylation sites is 1. The van der Waals surface area contributed by atoms with Gasteiger partial charge >= 0.3 is 0 Å². The Hall–Kier alpha value is -4.50. The predicted octanol–water partition coefficient (Wildman–Crippen LogP) is 5.88. The van der Waals surface area contributed by atoms with Crippen molar-refractivity contribution < 1.29 is 22.4 Å². The third-order valence-corrected chi connectivity index (χ3v) is 9.26. The van der Waals surface area contributed by atoms with Gasteiger partial charge in [0.15, 0.2) is 0 Å². The lowest BCUT2D eigenvalue weighted by Crippen LogP contribution is -2.54. The van der Waals surface area contributed by atoms with Crippen LogP contribution in [0.25, 0.3) is 0 Å². The van der Waals surface area contributed by atoms with Crippen molar-refractivity contribution in [3.63, 3.8) is 0 Å². The molecule has 44 heavy (non-hydrogen) atoms. The third kappa shape index (κ3) is 8.32. The van der Waals surface area contributed by atoms with E-state index in [9.17, 15) is 22.4 Å². The lowest BCUT2D eigenvalue weighted by Gasteiger charge is -2.34. The summed E-state index contributed by atoms with van der Waals surface area (Å²) in [6.45, 7) is 5.11. The van der Waals surface area contributed by atoms with Gasteiger partial charge in [0.1, 0.15) is 18.4 Å². The Kier molecular flexibility index (Phi) is 10.9. The monoisotopic (exact) mass is 615 g/mol. The van der Waals surface area contributed by atoms with Crippen LogP contribution in [0.1, 0.15) is 37.0 Å². The second kappa shape index (κ2) is 14.8. The number of hydrogen-bond donors (Lipinski definition) is 1. The molecule has 0 saturated heterocycles. The molecule has 4 rings (SSSR count). The summed E-state index contributed by atoms with van der Waals surface area (Å²) < 4.78 is 42.9. The molecule has 0 fully saturated rings. The van der Waals surface area contributed by atoms with Crippen LogP contribution in [-0.2, 0) is 32.6 Å². The standard InChI is InChI=1S/C35H38FN3O4S/c1-4-27(3)37-35(41)33(23-28-11-7-5-8-12-28)38(24-29-17-19-30(36)20-18-29)34(40)25-39(31-13-9-6-10-14-31)44(42,43)32-21-15-26(2)16-22-32/h5-22,27,33H,4,23-25H2,1-3H3,(H,37,41)/t27-,33+/m1/s1. The molecule has 0 saturated carbocycles. The Balaban J connectivity index is 1.78. The van der Waals surface area contributed by atoms with Crippen molar-refractivity contribution in [3.8, 4) is 0 Å². The predicted molar refractivity (Wildman–Crippen MR) is 171 cm³/mol. The van der Waals surface area contributed by atoms with Gasteiger partial charge in [0.2, 0.25) is 11.8 Å². The van der Waals surface area contributed by atoms with Crippen molar-refractivity contribution in [2.75, 3.05) is 10.8 Å². The van der Waals surface area contributed by atoms with Crippen molar-refractivity contribution in [2.24, 2.45) is 0 Å². The van der Waals surface area contributed by atoms with Gasteiger partial charge in [-0.15, -0.1) is 0 Å². The summed E-state index contributed by atoms with van der Waals surface area (Å²) >= 11 is 0. The second-order valence-electron chi connectivity index (χ2n) is 10.8. The SMILES string of the molecule is CC[C@@H](C)NC(=O)[C@H](Cc1ccccc1)N(Cc1ccc(F)cc1)C(=O)CN(c1ccccc1)S(=O)(=O)c1ccc(C)cc1. The molecular weight excluding hydrogens is 577 g/mol. The zero-order valence-electron chi connectivity index (χ0n) is 25.2. The van der Waals surface area contributed by atoms with E-state index in [1.54, 1.807) is 54.6 Å².